The molecule has 0 bridgehead atoms. The molecule has 0 aliphatic heterocycles. The summed E-state index contributed by atoms with van der Waals surface area (Å²) in [5, 5.41) is 19.9. The lowest BCUT2D eigenvalue weighted by atomic mass is 10.1. The van der Waals surface area contributed by atoms with Gasteiger partial charge in [0.15, 0.2) is 6.10 Å². The third-order valence-electron chi connectivity index (χ3n) is 2.09. The van der Waals surface area contributed by atoms with Crippen LogP contribution in [0.1, 0.15) is 18.6 Å². The highest BCUT2D eigenvalue weighted by Gasteiger charge is 2.21. The Kier molecular flexibility index (Phi) is 4.42. The number of nitro benzene ring substituents is 1. The van der Waals surface area contributed by atoms with Gasteiger partial charge in [0.1, 0.15) is 0 Å². The van der Waals surface area contributed by atoms with Crippen molar-refractivity contribution in [3.8, 4) is 0 Å². The molecular formula is C10H10ClNO5. The average molecular weight is 260 g/mol. The number of nitrogens with zero attached hydrogens (tertiary/aromatic N) is 1. The van der Waals surface area contributed by atoms with Crippen molar-refractivity contribution in [1.82, 2.24) is 0 Å². The van der Waals surface area contributed by atoms with Crippen LogP contribution in [0.5, 0.6) is 0 Å². The second-order valence-corrected chi connectivity index (χ2v) is 3.67. The molecule has 0 aliphatic carbocycles. The fourth-order valence-electron chi connectivity index (χ4n) is 1.33. The van der Waals surface area contributed by atoms with Gasteiger partial charge in [-0.1, -0.05) is 0 Å². The Morgan fingerprint density at radius 3 is 2.35 bits per heavy atom. The largest absolute Gasteiger partial charge is 0.443 e. The van der Waals surface area contributed by atoms with E-state index in [0.717, 1.165) is 0 Å². The van der Waals surface area contributed by atoms with Crippen LogP contribution in [-0.2, 0) is 4.74 Å². The zero-order valence-corrected chi connectivity index (χ0v) is 9.63. The van der Waals surface area contributed by atoms with E-state index in [9.17, 15) is 20.0 Å². The zero-order valence-electron chi connectivity index (χ0n) is 8.87. The molecule has 92 valence electrons. The maximum atomic E-state index is 10.6. The number of nitro groups is 1. The first kappa shape index (κ1) is 13.4. The number of ether oxygens (including phenoxy) is 1. The summed E-state index contributed by atoms with van der Waals surface area (Å²) in [6.07, 6.45) is -1.92. The van der Waals surface area contributed by atoms with E-state index in [-0.39, 0.29) is 5.69 Å². The van der Waals surface area contributed by atoms with Gasteiger partial charge in [-0.2, -0.15) is 0 Å². The van der Waals surface area contributed by atoms with Crippen LogP contribution in [0.4, 0.5) is 10.5 Å². The number of hydrogen-bond donors (Lipinski definition) is 1. The molecule has 0 aliphatic rings. The highest BCUT2D eigenvalue weighted by Crippen LogP contribution is 2.24. The Bertz CT molecular complexity index is 417. The van der Waals surface area contributed by atoms with Crippen LogP contribution >= 0.6 is 11.6 Å². The van der Waals surface area contributed by atoms with Gasteiger partial charge < -0.3 is 9.84 Å². The second kappa shape index (κ2) is 5.60. The van der Waals surface area contributed by atoms with Gasteiger partial charge in [0.05, 0.1) is 11.0 Å². The van der Waals surface area contributed by atoms with Crippen molar-refractivity contribution in [3.63, 3.8) is 0 Å². The van der Waals surface area contributed by atoms with Gasteiger partial charge in [-0.25, -0.2) is 4.79 Å². The van der Waals surface area contributed by atoms with Crippen molar-refractivity contribution in [2.45, 2.75) is 19.1 Å². The minimum atomic E-state index is -1.05. The number of benzene rings is 1. The van der Waals surface area contributed by atoms with Crippen LogP contribution < -0.4 is 0 Å². The third-order valence-corrected chi connectivity index (χ3v) is 2.18. The van der Waals surface area contributed by atoms with Crippen molar-refractivity contribution < 1.29 is 19.6 Å². The minimum Gasteiger partial charge on any atom is -0.443 e. The highest BCUT2D eigenvalue weighted by molar-refractivity contribution is 6.61. The summed E-state index contributed by atoms with van der Waals surface area (Å²) in [5.41, 5.74) is -0.704. The molecule has 0 heterocycles. The van der Waals surface area contributed by atoms with Gasteiger partial charge >= 0.3 is 5.43 Å². The van der Waals surface area contributed by atoms with Crippen LogP contribution in [0.15, 0.2) is 24.3 Å². The molecule has 1 aromatic carbocycles. The Balaban J connectivity index is 2.95. The van der Waals surface area contributed by atoms with E-state index in [1.807, 2.05) is 0 Å². The molecule has 0 radical (unpaired) electrons. The molecule has 2 atom stereocenters. The smallest absolute Gasteiger partial charge is 0.404 e. The standard InChI is InChI=1S/C10H10ClNO5/c1-6(13)9(17-10(11)14)7-2-4-8(5-3-7)12(15)16/h2-6,9,13H,1H3. The lowest BCUT2D eigenvalue weighted by molar-refractivity contribution is -0.384. The third kappa shape index (κ3) is 3.69. The van der Waals surface area contributed by atoms with Crippen molar-refractivity contribution in [2.75, 3.05) is 0 Å². The Morgan fingerprint density at radius 1 is 1.47 bits per heavy atom. The SMILES string of the molecule is CC(O)C(OC(=O)Cl)c1ccc([N+](=O)[O-])cc1. The quantitative estimate of drug-likeness (QED) is 0.509. The first-order valence-corrected chi connectivity index (χ1v) is 5.08. The molecule has 0 saturated carbocycles. The van der Waals surface area contributed by atoms with Crippen LogP contribution in [0.25, 0.3) is 0 Å². The van der Waals surface area contributed by atoms with Gasteiger partial charge in [0.25, 0.3) is 5.69 Å². The summed E-state index contributed by atoms with van der Waals surface area (Å²) in [5.74, 6) is 0. The van der Waals surface area contributed by atoms with E-state index in [2.05, 4.69) is 0 Å². The van der Waals surface area contributed by atoms with Crippen LogP contribution in [0.2, 0.25) is 0 Å². The monoisotopic (exact) mass is 259 g/mol. The number of non-ortho nitro benzene ring substituents is 1. The number of rotatable bonds is 4. The molecule has 17 heavy (non-hydrogen) atoms. The van der Waals surface area contributed by atoms with Gasteiger partial charge in [-0.05, 0) is 24.6 Å². The number of aliphatic hydroxyl groups excluding tert-OH is 1. The van der Waals surface area contributed by atoms with Gasteiger partial charge in [0, 0.05) is 23.7 Å². The molecule has 1 rings (SSSR count). The molecule has 0 fully saturated rings. The first-order chi connectivity index (χ1) is 7.91. The molecule has 0 aromatic heterocycles. The molecule has 2 unspecified atom stereocenters. The van der Waals surface area contributed by atoms with Crippen molar-refractivity contribution in [2.24, 2.45) is 0 Å². The highest BCUT2D eigenvalue weighted by atomic mass is 35.5. The molecule has 1 N–H and O–H groups in total. The van der Waals surface area contributed by atoms with E-state index >= 15 is 0 Å². The topological polar surface area (TPSA) is 89.7 Å². The Hall–Kier alpha value is -1.66. The number of aliphatic hydroxyl groups is 1. The Morgan fingerprint density at radius 2 is 2.00 bits per heavy atom. The molecule has 7 heteroatoms. The first-order valence-electron chi connectivity index (χ1n) is 4.70. The predicted molar refractivity (Wildman–Crippen MR) is 59.9 cm³/mol. The molecule has 6 nitrogen and oxygen atoms in total. The van der Waals surface area contributed by atoms with Crippen LogP contribution in [-0.4, -0.2) is 21.6 Å². The maximum Gasteiger partial charge on any atom is 0.404 e. The normalized spacial score (nSPS) is 13.8. The van der Waals surface area contributed by atoms with E-state index in [4.69, 9.17) is 16.3 Å². The summed E-state index contributed by atoms with van der Waals surface area (Å²) in [7, 11) is 0. The summed E-state index contributed by atoms with van der Waals surface area (Å²) in [6, 6.07) is 5.31. The van der Waals surface area contributed by atoms with Gasteiger partial charge in [-0.15, -0.1) is 0 Å². The molecule has 0 saturated heterocycles. The molecular weight excluding hydrogens is 250 g/mol. The van der Waals surface area contributed by atoms with E-state index in [0.29, 0.717) is 5.56 Å². The summed E-state index contributed by atoms with van der Waals surface area (Å²) >= 11 is 5.07. The van der Waals surface area contributed by atoms with Crippen molar-refractivity contribution >= 4 is 22.7 Å². The fourth-order valence-corrected chi connectivity index (χ4v) is 1.43. The number of carbonyl (C=O) groups is 1. The van der Waals surface area contributed by atoms with Crippen LogP contribution in [0.3, 0.4) is 0 Å². The van der Waals surface area contributed by atoms with Crippen molar-refractivity contribution in [1.29, 1.82) is 0 Å². The van der Waals surface area contributed by atoms with Crippen LogP contribution in [0, 0.1) is 10.1 Å². The van der Waals surface area contributed by atoms with E-state index in [1.54, 1.807) is 0 Å². The summed E-state index contributed by atoms with van der Waals surface area (Å²) in [6.45, 7) is 1.42. The zero-order chi connectivity index (χ0) is 13.0. The average Bonchev–Trinajstić information content (AvgIpc) is 2.25. The molecule has 1 aromatic rings. The van der Waals surface area contributed by atoms with E-state index < -0.39 is 22.6 Å². The van der Waals surface area contributed by atoms with Crippen molar-refractivity contribution in [3.05, 3.63) is 39.9 Å². The number of carbonyl (C=O) groups excluding carboxylic acids is 1. The summed E-state index contributed by atoms with van der Waals surface area (Å²) < 4.78 is 4.70. The molecule has 0 spiro atoms. The maximum absolute atomic E-state index is 10.6. The Labute approximate surface area is 102 Å². The summed E-state index contributed by atoms with van der Waals surface area (Å²) in [4.78, 5) is 20.5. The predicted octanol–water partition coefficient (Wildman–Crippen LogP) is 2.39. The number of halogens is 1. The number of hydrogen-bond acceptors (Lipinski definition) is 5. The second-order valence-electron chi connectivity index (χ2n) is 3.37. The molecule has 0 amide bonds. The van der Waals surface area contributed by atoms with E-state index in [1.165, 1.54) is 31.2 Å². The van der Waals surface area contributed by atoms with Gasteiger partial charge in [0.2, 0.25) is 0 Å². The minimum absolute atomic E-state index is 0.0877. The fraction of sp³-hybridized carbons (Fsp3) is 0.300. The van der Waals surface area contributed by atoms with Gasteiger partial charge in [-0.3, -0.25) is 10.1 Å². The lowest BCUT2D eigenvalue weighted by Gasteiger charge is -2.19. The lowest BCUT2D eigenvalue weighted by Crippen LogP contribution is -2.19.